The first kappa shape index (κ1) is 21.1. The summed E-state index contributed by atoms with van der Waals surface area (Å²) in [6.45, 7) is 5.91. The summed E-state index contributed by atoms with van der Waals surface area (Å²) in [7, 11) is 1.51. The smallest absolute Gasteiger partial charge is 0.348 e. The van der Waals surface area contributed by atoms with E-state index in [0.29, 0.717) is 17.0 Å². The predicted octanol–water partition coefficient (Wildman–Crippen LogP) is 3.17. The Morgan fingerprint density at radius 1 is 1.08 bits per heavy atom. The van der Waals surface area contributed by atoms with Crippen molar-refractivity contribution < 1.29 is 28.6 Å². The summed E-state index contributed by atoms with van der Waals surface area (Å²) in [5, 5.41) is 3.03. The average molecular weight is 371 g/mol. The minimum absolute atomic E-state index is 0.111. The van der Waals surface area contributed by atoms with Gasteiger partial charge in [0.2, 0.25) is 5.91 Å². The third kappa shape index (κ3) is 6.13. The van der Waals surface area contributed by atoms with Crippen molar-refractivity contribution in [2.45, 2.75) is 40.0 Å². The summed E-state index contributed by atoms with van der Waals surface area (Å²) in [6, 6.07) is 0. The molecule has 0 aliphatic carbocycles. The van der Waals surface area contributed by atoms with Crippen molar-refractivity contribution in [3.63, 3.8) is 0 Å². The molecule has 140 valence electrons. The van der Waals surface area contributed by atoms with E-state index in [1.54, 1.807) is 13.8 Å². The number of carbonyl (C=O) groups excluding carboxylic acids is 3. The van der Waals surface area contributed by atoms with Crippen LogP contribution in [0.3, 0.4) is 0 Å². The Labute approximate surface area is 151 Å². The summed E-state index contributed by atoms with van der Waals surface area (Å²) in [5.41, 5.74) is 0.645. The number of methoxy groups -OCH3 is 1. The molecule has 0 fully saturated rings. The minimum Gasteiger partial charge on any atom is -0.462 e. The number of esters is 2. The van der Waals surface area contributed by atoms with E-state index < -0.39 is 11.9 Å². The van der Waals surface area contributed by atoms with Crippen molar-refractivity contribution in [1.29, 1.82) is 0 Å². The highest BCUT2D eigenvalue weighted by atomic mass is 32.1. The number of amides is 1. The first-order chi connectivity index (χ1) is 12.0. The number of carbonyl (C=O) groups is 3. The van der Waals surface area contributed by atoms with Crippen LogP contribution in [0, 0.1) is 6.92 Å². The van der Waals surface area contributed by atoms with E-state index in [4.69, 9.17) is 14.2 Å². The fourth-order valence-corrected chi connectivity index (χ4v) is 3.16. The predicted molar refractivity (Wildman–Crippen MR) is 95.3 cm³/mol. The number of hydrogen-bond donors (Lipinski definition) is 1. The Bertz CT molecular complexity index is 611. The molecular weight excluding hydrogens is 346 g/mol. The van der Waals surface area contributed by atoms with Gasteiger partial charge in [-0.3, -0.25) is 4.79 Å². The number of thiophene rings is 1. The highest BCUT2D eigenvalue weighted by Gasteiger charge is 2.27. The number of rotatable bonds is 10. The van der Waals surface area contributed by atoms with E-state index in [1.807, 2.05) is 6.92 Å². The topological polar surface area (TPSA) is 90.9 Å². The minimum atomic E-state index is -0.571. The quantitative estimate of drug-likeness (QED) is 0.502. The Balaban J connectivity index is 3.07. The van der Waals surface area contributed by atoms with Gasteiger partial charge in [0.25, 0.3) is 0 Å². The van der Waals surface area contributed by atoms with Crippen molar-refractivity contribution >= 4 is 34.2 Å². The molecule has 7 nitrogen and oxygen atoms in total. The van der Waals surface area contributed by atoms with Gasteiger partial charge in [-0.15, -0.1) is 11.3 Å². The largest absolute Gasteiger partial charge is 0.462 e. The monoisotopic (exact) mass is 371 g/mol. The number of hydrogen-bond acceptors (Lipinski definition) is 7. The van der Waals surface area contributed by atoms with Gasteiger partial charge in [-0.2, -0.15) is 0 Å². The third-order valence-corrected chi connectivity index (χ3v) is 4.53. The molecule has 0 saturated carbocycles. The molecule has 1 amide bonds. The normalized spacial score (nSPS) is 10.4. The Hall–Kier alpha value is -1.93. The van der Waals surface area contributed by atoms with Crippen LogP contribution in [0.15, 0.2) is 0 Å². The van der Waals surface area contributed by atoms with Crippen LogP contribution in [0.25, 0.3) is 0 Å². The summed E-state index contributed by atoms with van der Waals surface area (Å²) in [4.78, 5) is 36.7. The van der Waals surface area contributed by atoms with Gasteiger partial charge >= 0.3 is 11.9 Å². The molecule has 0 aliphatic heterocycles. The maximum absolute atomic E-state index is 12.2. The van der Waals surface area contributed by atoms with E-state index in [9.17, 15) is 14.4 Å². The fraction of sp³-hybridized carbons (Fsp3) is 0.588. The number of ether oxygens (including phenoxy) is 3. The van der Waals surface area contributed by atoms with Crippen LogP contribution in [0.5, 0.6) is 0 Å². The average Bonchev–Trinajstić information content (AvgIpc) is 2.89. The van der Waals surface area contributed by atoms with Crippen LogP contribution < -0.4 is 5.32 Å². The van der Waals surface area contributed by atoms with Crippen molar-refractivity contribution in [3.8, 4) is 0 Å². The first-order valence-electron chi connectivity index (χ1n) is 8.22. The molecule has 0 spiro atoms. The number of unbranched alkanes of at least 4 members (excludes halogenated alkanes) is 1. The molecule has 0 saturated heterocycles. The molecule has 1 N–H and O–H groups in total. The zero-order chi connectivity index (χ0) is 18.8. The van der Waals surface area contributed by atoms with Gasteiger partial charge in [-0.1, -0.05) is 13.3 Å². The number of nitrogens with one attached hydrogen (secondary N) is 1. The summed E-state index contributed by atoms with van der Waals surface area (Å²) < 4.78 is 15.0. The first-order valence-corrected chi connectivity index (χ1v) is 9.04. The van der Waals surface area contributed by atoms with Crippen molar-refractivity contribution in [2.75, 3.05) is 32.2 Å². The van der Waals surface area contributed by atoms with Gasteiger partial charge in [0.15, 0.2) is 0 Å². The van der Waals surface area contributed by atoms with Crippen LogP contribution in [-0.4, -0.2) is 44.8 Å². The SMILES string of the molecule is CCCCC(=O)Nc1sc(C(=O)OCCOC)c(C)c1C(=O)OCC. The second kappa shape index (κ2) is 10.8. The summed E-state index contributed by atoms with van der Waals surface area (Å²) >= 11 is 1.02. The molecule has 1 aromatic rings. The van der Waals surface area contributed by atoms with Gasteiger partial charge in [0, 0.05) is 13.5 Å². The highest BCUT2D eigenvalue weighted by Crippen LogP contribution is 2.34. The van der Waals surface area contributed by atoms with Crippen LogP contribution in [0.2, 0.25) is 0 Å². The van der Waals surface area contributed by atoms with E-state index in [2.05, 4.69) is 5.32 Å². The Morgan fingerprint density at radius 3 is 2.40 bits per heavy atom. The lowest BCUT2D eigenvalue weighted by Crippen LogP contribution is -2.14. The summed E-state index contributed by atoms with van der Waals surface area (Å²) in [6.07, 6.45) is 1.98. The van der Waals surface area contributed by atoms with Gasteiger partial charge < -0.3 is 19.5 Å². The standard InChI is InChI=1S/C17H25NO6S/c1-5-7-8-12(19)18-15-13(16(20)23-6-2)11(3)14(25-15)17(21)24-10-9-22-4/h5-10H2,1-4H3,(H,18,19). The van der Waals surface area contributed by atoms with Crippen molar-refractivity contribution in [3.05, 3.63) is 16.0 Å². The van der Waals surface area contributed by atoms with Crippen LogP contribution >= 0.6 is 11.3 Å². The molecule has 0 bridgehead atoms. The van der Waals surface area contributed by atoms with Crippen LogP contribution in [-0.2, 0) is 19.0 Å². The van der Waals surface area contributed by atoms with Gasteiger partial charge in [-0.25, -0.2) is 9.59 Å². The molecular formula is C17H25NO6S. The van der Waals surface area contributed by atoms with E-state index >= 15 is 0 Å². The molecule has 0 atom stereocenters. The molecule has 0 radical (unpaired) electrons. The van der Waals surface area contributed by atoms with E-state index in [-0.39, 0.29) is 36.2 Å². The molecule has 8 heteroatoms. The second-order valence-electron chi connectivity index (χ2n) is 5.26. The zero-order valence-electron chi connectivity index (χ0n) is 15.1. The lowest BCUT2D eigenvalue weighted by molar-refractivity contribution is -0.116. The van der Waals surface area contributed by atoms with Crippen molar-refractivity contribution in [2.24, 2.45) is 0 Å². The van der Waals surface area contributed by atoms with Crippen LogP contribution in [0.4, 0.5) is 5.00 Å². The Kier molecular flexibility index (Phi) is 9.15. The van der Waals surface area contributed by atoms with Crippen LogP contribution in [0.1, 0.15) is 58.7 Å². The Morgan fingerprint density at radius 2 is 1.80 bits per heavy atom. The van der Waals surface area contributed by atoms with Gasteiger partial charge in [-0.05, 0) is 25.8 Å². The number of anilines is 1. The van der Waals surface area contributed by atoms with Gasteiger partial charge in [0.1, 0.15) is 16.5 Å². The lowest BCUT2D eigenvalue weighted by atomic mass is 10.1. The molecule has 0 aromatic carbocycles. The maximum atomic E-state index is 12.2. The fourth-order valence-electron chi connectivity index (χ4n) is 2.06. The van der Waals surface area contributed by atoms with Crippen molar-refractivity contribution in [1.82, 2.24) is 0 Å². The molecule has 1 rings (SSSR count). The molecule has 0 unspecified atom stereocenters. The molecule has 0 aliphatic rings. The highest BCUT2D eigenvalue weighted by molar-refractivity contribution is 7.18. The second-order valence-corrected chi connectivity index (χ2v) is 6.28. The summed E-state index contributed by atoms with van der Waals surface area (Å²) in [5.74, 6) is -1.33. The third-order valence-electron chi connectivity index (χ3n) is 3.34. The lowest BCUT2D eigenvalue weighted by Gasteiger charge is -2.06. The molecule has 25 heavy (non-hydrogen) atoms. The molecule has 1 aromatic heterocycles. The van der Waals surface area contributed by atoms with E-state index in [0.717, 1.165) is 24.2 Å². The zero-order valence-corrected chi connectivity index (χ0v) is 15.9. The molecule has 1 heterocycles. The van der Waals surface area contributed by atoms with E-state index in [1.165, 1.54) is 7.11 Å². The maximum Gasteiger partial charge on any atom is 0.348 e. The van der Waals surface area contributed by atoms with Gasteiger partial charge in [0.05, 0.1) is 18.8 Å².